The topological polar surface area (TPSA) is 103 Å². The highest BCUT2D eigenvalue weighted by atomic mass is 35.5. The largest absolute Gasteiger partial charge is 0.416 e. The number of benzene rings is 1. The lowest BCUT2D eigenvalue weighted by Gasteiger charge is -2.39. The van der Waals surface area contributed by atoms with E-state index in [4.69, 9.17) is 16.6 Å². The number of amides is 3. The van der Waals surface area contributed by atoms with Gasteiger partial charge in [-0.1, -0.05) is 24.2 Å². The first-order valence-electron chi connectivity index (χ1n) is 13.8. The molecule has 3 aliphatic heterocycles. The van der Waals surface area contributed by atoms with E-state index in [1.807, 2.05) is 4.90 Å². The molecule has 2 atom stereocenters. The number of fused-ring (bicyclic) bond motifs is 3. The van der Waals surface area contributed by atoms with Gasteiger partial charge in [-0.05, 0) is 37.3 Å². The van der Waals surface area contributed by atoms with Crippen LogP contribution in [-0.2, 0) is 40.2 Å². The van der Waals surface area contributed by atoms with Gasteiger partial charge in [-0.3, -0.25) is 29.3 Å². The predicted molar refractivity (Wildman–Crippen MR) is 156 cm³/mol. The molecule has 0 radical (unpaired) electrons. The Morgan fingerprint density at radius 2 is 1.91 bits per heavy atom. The van der Waals surface area contributed by atoms with Crippen molar-refractivity contribution in [3.05, 3.63) is 82.5 Å². The maximum absolute atomic E-state index is 14.0. The summed E-state index contributed by atoms with van der Waals surface area (Å²) in [6.07, 6.45) is -1.90. The first-order chi connectivity index (χ1) is 20.8. The van der Waals surface area contributed by atoms with Gasteiger partial charge in [0.1, 0.15) is 11.9 Å². The fourth-order valence-corrected chi connectivity index (χ4v) is 6.42. The Bertz CT molecular complexity index is 1720. The van der Waals surface area contributed by atoms with Gasteiger partial charge >= 0.3 is 6.18 Å². The van der Waals surface area contributed by atoms with Crippen LogP contribution >= 0.6 is 11.6 Å². The third kappa shape index (κ3) is 5.14. The molecule has 10 nitrogen and oxygen atoms in total. The minimum absolute atomic E-state index is 0.0695. The summed E-state index contributed by atoms with van der Waals surface area (Å²) < 4.78 is 41.1. The van der Waals surface area contributed by atoms with E-state index in [1.165, 1.54) is 17.9 Å². The first-order valence-corrected chi connectivity index (χ1v) is 14.2. The van der Waals surface area contributed by atoms with Gasteiger partial charge < -0.3 is 14.7 Å². The molecule has 3 amide bonds. The van der Waals surface area contributed by atoms with Gasteiger partial charge in [0.25, 0.3) is 0 Å². The van der Waals surface area contributed by atoms with Gasteiger partial charge in [0.05, 0.1) is 64.9 Å². The van der Waals surface area contributed by atoms with E-state index in [2.05, 4.69) is 16.5 Å². The van der Waals surface area contributed by atoms with Crippen LogP contribution in [0.15, 0.2) is 49.2 Å². The number of pyridine rings is 1. The molecule has 0 unspecified atom stereocenters. The molecule has 228 valence electrons. The number of carbonyl (C=O) groups is 3. The molecule has 0 aliphatic carbocycles. The van der Waals surface area contributed by atoms with Crippen LogP contribution in [0, 0.1) is 12.8 Å². The number of para-hydroxylation sites is 1. The number of anilines is 3. The van der Waals surface area contributed by atoms with Gasteiger partial charge in [0, 0.05) is 31.6 Å². The van der Waals surface area contributed by atoms with Crippen LogP contribution in [0.4, 0.5) is 30.4 Å². The predicted octanol–water partition coefficient (Wildman–Crippen LogP) is 4.29. The van der Waals surface area contributed by atoms with E-state index >= 15 is 0 Å². The normalized spacial score (nSPS) is 19.9. The summed E-state index contributed by atoms with van der Waals surface area (Å²) in [6, 6.07) is 5.70. The number of nitrogens with zero attached hydrogens (tertiary/aromatic N) is 7. The fraction of sp³-hybridized carbons (Fsp3) is 0.333. The highest BCUT2D eigenvalue weighted by Gasteiger charge is 2.49. The third-order valence-corrected chi connectivity index (χ3v) is 8.43. The number of halogens is 4. The van der Waals surface area contributed by atoms with Crippen molar-refractivity contribution in [3.8, 4) is 0 Å². The van der Waals surface area contributed by atoms with Crippen LogP contribution in [-0.4, -0.2) is 57.2 Å². The quantitative estimate of drug-likeness (QED) is 0.399. The Hall–Kier alpha value is -4.52. The van der Waals surface area contributed by atoms with Crippen LogP contribution in [0.5, 0.6) is 0 Å². The van der Waals surface area contributed by atoms with Crippen molar-refractivity contribution in [2.45, 2.75) is 45.2 Å². The molecule has 2 aromatic heterocycles. The Kier molecular flexibility index (Phi) is 7.31. The number of hydrogen-bond acceptors (Lipinski definition) is 7. The number of rotatable bonds is 4. The smallest absolute Gasteiger partial charge is 0.362 e. The van der Waals surface area contributed by atoms with Gasteiger partial charge in [-0.15, -0.1) is 0 Å². The molecule has 3 aliphatic rings. The second-order valence-electron chi connectivity index (χ2n) is 11.1. The minimum atomic E-state index is -4.66. The summed E-state index contributed by atoms with van der Waals surface area (Å²) in [7, 11) is 1.55. The summed E-state index contributed by atoms with van der Waals surface area (Å²) in [6.45, 7) is 5.92. The van der Waals surface area contributed by atoms with E-state index in [-0.39, 0.29) is 43.5 Å². The number of likely N-dealkylation sites (N-methyl/N-ethyl adjacent to an activating group) is 1. The molecule has 6 rings (SSSR count). The summed E-state index contributed by atoms with van der Waals surface area (Å²) in [4.78, 5) is 59.1. The fourth-order valence-electron chi connectivity index (χ4n) is 6.13. The highest BCUT2D eigenvalue weighted by molar-refractivity contribution is 6.34. The van der Waals surface area contributed by atoms with Crippen LogP contribution in [0.25, 0.3) is 0 Å². The third-order valence-electron chi connectivity index (χ3n) is 8.13. The summed E-state index contributed by atoms with van der Waals surface area (Å²) in [5.41, 5.74) is 2.04. The van der Waals surface area contributed by atoms with Crippen molar-refractivity contribution >= 4 is 46.5 Å². The second kappa shape index (κ2) is 10.9. The number of aryl methyl sites for hydroxylation is 1. The maximum Gasteiger partial charge on any atom is 0.416 e. The molecule has 14 heteroatoms. The highest BCUT2D eigenvalue weighted by Crippen LogP contribution is 2.43. The zero-order valence-corrected chi connectivity index (χ0v) is 24.6. The van der Waals surface area contributed by atoms with Gasteiger partial charge in [-0.2, -0.15) is 13.2 Å². The molecule has 1 saturated heterocycles. The molecule has 44 heavy (non-hydrogen) atoms. The second-order valence-corrected chi connectivity index (χ2v) is 11.5. The number of hydrogen-bond donors (Lipinski definition) is 0. The molecular formula is C30H27ClF3N7O3. The molecule has 0 bridgehead atoms. The first kappa shape index (κ1) is 29.5. The van der Waals surface area contributed by atoms with E-state index in [1.54, 1.807) is 36.3 Å². The molecular weight excluding hydrogens is 599 g/mol. The van der Waals surface area contributed by atoms with Crippen molar-refractivity contribution in [3.63, 3.8) is 0 Å². The zero-order valence-electron chi connectivity index (χ0n) is 23.8. The number of carbonyl (C=O) groups excluding carboxylic acids is 3. The molecule has 1 aromatic carbocycles. The molecule has 3 aromatic rings. The molecule has 0 saturated carbocycles. The van der Waals surface area contributed by atoms with Crippen molar-refractivity contribution in [1.82, 2.24) is 19.9 Å². The zero-order chi connectivity index (χ0) is 31.5. The lowest BCUT2D eigenvalue weighted by atomic mass is 9.95. The standard InChI is InChI=1S/C30H27ClF3N7O3/c1-4-25(42)39-14-21-22(15-39)37-19(11-35-21)13-40-12-17-9-26(43)41(24-10-18(30(32,33)34)8-16(2)36-24)27(17)29(44)38(3)23-7-5-6-20(31)28(23)40/h4-8,10-11,17,27H,1,9,12-15H2,2-3H3/t17-,27+/m1/s1. The molecule has 5 heterocycles. The Labute approximate surface area is 255 Å². The maximum atomic E-state index is 14.0. The summed E-state index contributed by atoms with van der Waals surface area (Å²) in [5.74, 6) is -2.03. The number of aromatic nitrogens is 3. The van der Waals surface area contributed by atoms with E-state index < -0.39 is 35.5 Å². The Balaban J connectivity index is 1.39. The van der Waals surface area contributed by atoms with Crippen LogP contribution in [0.3, 0.4) is 0 Å². The SMILES string of the molecule is C=CC(=O)N1Cc2ncc(CN3C[C@H]4CC(=O)N(c5cc(C(F)(F)F)cc(C)n5)[C@@H]4C(=O)N(C)c4cccc(Cl)c43)nc2C1. The van der Waals surface area contributed by atoms with Gasteiger partial charge in [0.15, 0.2) is 0 Å². The lowest BCUT2D eigenvalue weighted by Crippen LogP contribution is -2.52. The van der Waals surface area contributed by atoms with Crippen molar-refractivity contribution < 1.29 is 27.6 Å². The van der Waals surface area contributed by atoms with Crippen molar-refractivity contribution in [2.75, 3.05) is 28.3 Å². The van der Waals surface area contributed by atoms with Crippen molar-refractivity contribution in [2.24, 2.45) is 5.92 Å². The van der Waals surface area contributed by atoms with E-state index in [0.29, 0.717) is 40.0 Å². The van der Waals surface area contributed by atoms with Gasteiger partial charge in [-0.25, -0.2) is 4.98 Å². The lowest BCUT2D eigenvalue weighted by molar-refractivity contribution is -0.137. The van der Waals surface area contributed by atoms with E-state index in [9.17, 15) is 27.6 Å². The van der Waals surface area contributed by atoms with Gasteiger partial charge in [0.2, 0.25) is 17.7 Å². The van der Waals surface area contributed by atoms with Crippen LogP contribution < -0.4 is 14.7 Å². The Morgan fingerprint density at radius 1 is 1.16 bits per heavy atom. The average molecular weight is 626 g/mol. The van der Waals surface area contributed by atoms with E-state index in [0.717, 1.165) is 17.0 Å². The average Bonchev–Trinajstić information content (AvgIpc) is 3.54. The Morgan fingerprint density at radius 3 is 2.64 bits per heavy atom. The molecule has 1 fully saturated rings. The summed E-state index contributed by atoms with van der Waals surface area (Å²) in [5, 5.41) is 0.369. The summed E-state index contributed by atoms with van der Waals surface area (Å²) >= 11 is 6.72. The molecule has 0 spiro atoms. The monoisotopic (exact) mass is 625 g/mol. The number of alkyl halides is 3. The van der Waals surface area contributed by atoms with Crippen LogP contribution in [0.1, 0.15) is 34.8 Å². The van der Waals surface area contributed by atoms with Crippen LogP contribution in [0.2, 0.25) is 5.02 Å². The minimum Gasteiger partial charge on any atom is -0.362 e. The van der Waals surface area contributed by atoms with Crippen molar-refractivity contribution in [1.29, 1.82) is 0 Å². The molecule has 0 N–H and O–H groups in total.